The van der Waals surface area contributed by atoms with Crippen LogP contribution in [0.15, 0.2) is 65.7 Å². The van der Waals surface area contributed by atoms with Crippen molar-refractivity contribution in [3.8, 4) is 0 Å². The van der Waals surface area contributed by atoms with Crippen molar-refractivity contribution >= 4 is 38.6 Å². The summed E-state index contributed by atoms with van der Waals surface area (Å²) < 4.78 is 39.6. The van der Waals surface area contributed by atoms with Gasteiger partial charge in [-0.25, -0.2) is 13.2 Å². The lowest BCUT2D eigenvalue weighted by Crippen LogP contribution is -2.56. The summed E-state index contributed by atoms with van der Waals surface area (Å²) in [5, 5.41) is 0.724. The normalized spacial score (nSPS) is 20.2. The van der Waals surface area contributed by atoms with Crippen LogP contribution in [0.5, 0.6) is 0 Å². The Balaban J connectivity index is 1.21. The number of anilines is 1. The second-order valence-electron chi connectivity index (χ2n) is 9.53. The van der Waals surface area contributed by atoms with Gasteiger partial charge in [-0.1, -0.05) is 18.2 Å². The molecule has 3 heterocycles. The SMILES string of the molecule is C[C@@H]1CN(C(=O)O[C@@H]2CCCOC2)CCN1C(=O)c1ccc(NS(=O)(=O)c2cccc3cccnc23)cc1. The number of fused-ring (bicyclic) bond motifs is 1. The molecule has 5 rings (SSSR count). The monoisotopic (exact) mass is 538 g/mol. The molecule has 0 unspecified atom stereocenters. The number of aromatic nitrogens is 1. The number of ether oxygens (including phenoxy) is 2. The lowest BCUT2D eigenvalue weighted by atomic mass is 10.1. The number of hydrogen-bond acceptors (Lipinski definition) is 7. The van der Waals surface area contributed by atoms with E-state index in [1.807, 2.05) is 6.92 Å². The van der Waals surface area contributed by atoms with Gasteiger partial charge in [-0.15, -0.1) is 0 Å². The Hall–Kier alpha value is -3.70. The summed E-state index contributed by atoms with van der Waals surface area (Å²) >= 11 is 0. The van der Waals surface area contributed by atoms with Crippen LogP contribution in [-0.2, 0) is 19.5 Å². The molecule has 0 spiro atoms. The fourth-order valence-corrected chi connectivity index (χ4v) is 6.04. The minimum absolute atomic E-state index is 0.0805. The molecular formula is C27H30N4O6S. The molecule has 10 nitrogen and oxygen atoms in total. The third kappa shape index (κ3) is 5.58. The predicted molar refractivity (Wildman–Crippen MR) is 141 cm³/mol. The summed E-state index contributed by atoms with van der Waals surface area (Å²) in [5.74, 6) is -0.182. The van der Waals surface area contributed by atoms with Gasteiger partial charge in [0, 0.05) is 55.1 Å². The van der Waals surface area contributed by atoms with Gasteiger partial charge in [-0.3, -0.25) is 14.5 Å². The molecule has 2 atom stereocenters. The first-order valence-electron chi connectivity index (χ1n) is 12.6. The fraction of sp³-hybridized carbons (Fsp3) is 0.370. The van der Waals surface area contributed by atoms with E-state index in [9.17, 15) is 18.0 Å². The summed E-state index contributed by atoms with van der Waals surface area (Å²) in [7, 11) is -3.89. The first-order valence-corrected chi connectivity index (χ1v) is 14.1. The Morgan fingerprint density at radius 2 is 1.87 bits per heavy atom. The van der Waals surface area contributed by atoms with Gasteiger partial charge in [0.05, 0.1) is 12.1 Å². The molecule has 2 saturated heterocycles. The van der Waals surface area contributed by atoms with Crippen LogP contribution in [0.3, 0.4) is 0 Å². The molecule has 2 aliphatic rings. The van der Waals surface area contributed by atoms with Crippen molar-refractivity contribution in [1.29, 1.82) is 0 Å². The molecule has 3 aromatic rings. The van der Waals surface area contributed by atoms with Crippen molar-refractivity contribution in [3.63, 3.8) is 0 Å². The van der Waals surface area contributed by atoms with E-state index in [2.05, 4.69) is 9.71 Å². The smallest absolute Gasteiger partial charge is 0.410 e. The number of piperazine rings is 1. The number of rotatable bonds is 5. The number of hydrogen-bond donors (Lipinski definition) is 1. The van der Waals surface area contributed by atoms with E-state index in [-0.39, 0.29) is 29.0 Å². The third-order valence-electron chi connectivity index (χ3n) is 6.80. The average Bonchev–Trinajstić information content (AvgIpc) is 2.93. The van der Waals surface area contributed by atoms with Crippen LogP contribution in [0.25, 0.3) is 10.9 Å². The van der Waals surface area contributed by atoms with Crippen molar-refractivity contribution in [3.05, 3.63) is 66.4 Å². The number of nitrogens with zero attached hydrogens (tertiary/aromatic N) is 3. The topological polar surface area (TPSA) is 118 Å². The summed E-state index contributed by atoms with van der Waals surface area (Å²) in [6.45, 7) is 4.13. The second-order valence-corrected chi connectivity index (χ2v) is 11.2. The number of benzene rings is 2. The zero-order valence-corrected chi connectivity index (χ0v) is 21.9. The van der Waals surface area contributed by atoms with Gasteiger partial charge in [-0.05, 0) is 56.2 Å². The zero-order valence-electron chi connectivity index (χ0n) is 21.1. The van der Waals surface area contributed by atoms with Crippen molar-refractivity contribution in [2.45, 2.75) is 36.8 Å². The van der Waals surface area contributed by atoms with Crippen LogP contribution >= 0.6 is 0 Å². The third-order valence-corrected chi connectivity index (χ3v) is 8.21. The van der Waals surface area contributed by atoms with Gasteiger partial charge in [0.2, 0.25) is 0 Å². The standard InChI is InChI=1S/C27H30N4O6S/c1-19-17-30(27(33)37-23-7-4-16-36-18-23)14-15-31(19)26(32)21-9-11-22(12-10-21)29-38(34,35)24-8-2-5-20-6-3-13-28-25(20)24/h2-3,5-6,8-13,19,23,29H,4,7,14-18H2,1H3/t19-,23-/m1/s1. The lowest BCUT2D eigenvalue weighted by molar-refractivity contribution is -0.0324. The highest BCUT2D eigenvalue weighted by atomic mass is 32.2. The van der Waals surface area contributed by atoms with Crippen molar-refractivity contribution in [2.24, 2.45) is 0 Å². The maximum absolute atomic E-state index is 13.2. The molecule has 0 aliphatic carbocycles. The Bertz CT molecular complexity index is 1420. The van der Waals surface area contributed by atoms with E-state index in [0.29, 0.717) is 49.6 Å². The van der Waals surface area contributed by atoms with E-state index < -0.39 is 10.0 Å². The fourth-order valence-electron chi connectivity index (χ4n) is 4.80. The highest BCUT2D eigenvalue weighted by molar-refractivity contribution is 7.93. The maximum Gasteiger partial charge on any atom is 0.410 e. The predicted octanol–water partition coefficient (Wildman–Crippen LogP) is 3.50. The maximum atomic E-state index is 13.2. The molecule has 0 bridgehead atoms. The molecule has 0 radical (unpaired) electrons. The molecule has 1 N–H and O–H groups in total. The second kappa shape index (κ2) is 11.0. The molecular weight excluding hydrogens is 508 g/mol. The molecule has 11 heteroatoms. The van der Waals surface area contributed by atoms with E-state index in [1.165, 1.54) is 6.07 Å². The van der Waals surface area contributed by atoms with E-state index in [0.717, 1.165) is 18.2 Å². The van der Waals surface area contributed by atoms with E-state index in [1.54, 1.807) is 64.5 Å². The highest BCUT2D eigenvalue weighted by Gasteiger charge is 2.32. The quantitative estimate of drug-likeness (QED) is 0.528. The van der Waals surface area contributed by atoms with Gasteiger partial charge in [0.1, 0.15) is 11.0 Å². The largest absolute Gasteiger partial charge is 0.444 e. The van der Waals surface area contributed by atoms with Gasteiger partial charge >= 0.3 is 6.09 Å². The summed E-state index contributed by atoms with van der Waals surface area (Å²) in [6, 6.07) is 14.7. The first-order chi connectivity index (χ1) is 18.3. The molecule has 38 heavy (non-hydrogen) atoms. The van der Waals surface area contributed by atoms with Gasteiger partial charge in [-0.2, -0.15) is 0 Å². The minimum Gasteiger partial charge on any atom is -0.444 e. The lowest BCUT2D eigenvalue weighted by Gasteiger charge is -2.40. The number of amides is 2. The van der Waals surface area contributed by atoms with Crippen molar-refractivity contribution in [2.75, 3.05) is 37.6 Å². The number of sulfonamides is 1. The number of nitrogens with one attached hydrogen (secondary N) is 1. The summed E-state index contributed by atoms with van der Waals surface area (Å²) in [4.78, 5) is 33.4. The minimum atomic E-state index is -3.89. The Labute approximate surface area is 221 Å². The summed E-state index contributed by atoms with van der Waals surface area (Å²) in [6.07, 6.45) is 2.62. The Morgan fingerprint density at radius 1 is 1.08 bits per heavy atom. The van der Waals surface area contributed by atoms with Gasteiger partial charge in [0.15, 0.2) is 0 Å². The van der Waals surface area contributed by atoms with E-state index in [4.69, 9.17) is 9.47 Å². The van der Waals surface area contributed by atoms with Gasteiger partial charge < -0.3 is 19.3 Å². The number of para-hydroxylation sites is 1. The molecule has 2 fully saturated rings. The number of pyridine rings is 1. The van der Waals surface area contributed by atoms with Crippen LogP contribution < -0.4 is 4.72 Å². The van der Waals surface area contributed by atoms with Crippen molar-refractivity contribution < 1.29 is 27.5 Å². The molecule has 0 saturated carbocycles. The molecule has 1 aromatic heterocycles. The van der Waals surface area contributed by atoms with E-state index >= 15 is 0 Å². The zero-order chi connectivity index (χ0) is 26.7. The molecule has 2 aromatic carbocycles. The van der Waals surface area contributed by atoms with Crippen LogP contribution in [0.2, 0.25) is 0 Å². The van der Waals surface area contributed by atoms with Crippen LogP contribution in [0, 0.1) is 0 Å². The van der Waals surface area contributed by atoms with Crippen LogP contribution in [0.4, 0.5) is 10.5 Å². The Kier molecular flexibility index (Phi) is 7.48. The average molecular weight is 539 g/mol. The molecule has 2 aliphatic heterocycles. The molecule has 200 valence electrons. The van der Waals surface area contributed by atoms with Crippen LogP contribution in [-0.4, -0.2) is 80.2 Å². The number of carbonyl (C=O) groups is 2. The number of carbonyl (C=O) groups excluding carboxylic acids is 2. The molecule has 2 amide bonds. The Morgan fingerprint density at radius 3 is 2.61 bits per heavy atom. The highest BCUT2D eigenvalue weighted by Crippen LogP contribution is 2.24. The van der Waals surface area contributed by atoms with Gasteiger partial charge in [0.25, 0.3) is 15.9 Å². The first kappa shape index (κ1) is 25.9. The van der Waals surface area contributed by atoms with Crippen molar-refractivity contribution in [1.82, 2.24) is 14.8 Å². The van der Waals surface area contributed by atoms with Crippen LogP contribution in [0.1, 0.15) is 30.1 Å². The summed E-state index contributed by atoms with van der Waals surface area (Å²) in [5.41, 5.74) is 1.15.